The Kier molecular flexibility index (Phi) is 4.70. The number of fused-ring (bicyclic) bond motifs is 1. The average molecular weight is 342 g/mol. The third-order valence-corrected chi connectivity index (χ3v) is 4.18. The fourth-order valence-corrected chi connectivity index (χ4v) is 3.03. The standard InChI is InChI=1S/C19H19FN2O3/c1-11-5-12(7-14(6-11)25-2)10-21-19(24)16-9-18(23)22-17-8-13(20)3-4-15(16)17/h3-8,16H,9-10H2,1-2H3,(H,21,24)(H,22,23). The number of carbonyl (C=O) groups is 2. The fraction of sp³-hybridized carbons (Fsp3) is 0.263. The second kappa shape index (κ2) is 6.93. The number of amides is 2. The van der Waals surface area contributed by atoms with Crippen LogP contribution in [0, 0.1) is 12.7 Å². The normalized spacial score (nSPS) is 16.0. The highest BCUT2D eigenvalue weighted by atomic mass is 19.1. The lowest BCUT2D eigenvalue weighted by Crippen LogP contribution is -2.34. The number of benzene rings is 2. The van der Waals surface area contributed by atoms with Gasteiger partial charge in [-0.1, -0.05) is 12.1 Å². The van der Waals surface area contributed by atoms with Gasteiger partial charge in [0.2, 0.25) is 11.8 Å². The maximum Gasteiger partial charge on any atom is 0.228 e. The molecule has 130 valence electrons. The molecule has 1 aliphatic heterocycles. The summed E-state index contributed by atoms with van der Waals surface area (Å²) in [4.78, 5) is 24.4. The van der Waals surface area contributed by atoms with Gasteiger partial charge in [-0.15, -0.1) is 0 Å². The van der Waals surface area contributed by atoms with Gasteiger partial charge in [0.15, 0.2) is 0 Å². The van der Waals surface area contributed by atoms with Gasteiger partial charge < -0.3 is 15.4 Å². The Morgan fingerprint density at radius 1 is 1.32 bits per heavy atom. The third-order valence-electron chi connectivity index (χ3n) is 4.18. The second-order valence-corrected chi connectivity index (χ2v) is 6.11. The molecule has 1 unspecified atom stereocenters. The Balaban J connectivity index is 1.76. The van der Waals surface area contributed by atoms with E-state index in [0.717, 1.165) is 16.9 Å². The molecule has 0 saturated carbocycles. The van der Waals surface area contributed by atoms with Gasteiger partial charge in [-0.05, 0) is 47.9 Å². The molecule has 2 amide bonds. The van der Waals surface area contributed by atoms with Crippen LogP contribution in [-0.2, 0) is 16.1 Å². The van der Waals surface area contributed by atoms with E-state index in [4.69, 9.17) is 4.74 Å². The molecule has 2 N–H and O–H groups in total. The van der Waals surface area contributed by atoms with Gasteiger partial charge in [0, 0.05) is 18.7 Å². The lowest BCUT2D eigenvalue weighted by atomic mass is 9.89. The maximum atomic E-state index is 13.4. The SMILES string of the molecule is COc1cc(C)cc(CNC(=O)C2CC(=O)Nc3cc(F)ccc32)c1. The van der Waals surface area contributed by atoms with E-state index >= 15 is 0 Å². The van der Waals surface area contributed by atoms with Crippen molar-refractivity contribution in [2.75, 3.05) is 12.4 Å². The van der Waals surface area contributed by atoms with E-state index in [9.17, 15) is 14.0 Å². The minimum Gasteiger partial charge on any atom is -0.497 e. The molecule has 25 heavy (non-hydrogen) atoms. The van der Waals surface area contributed by atoms with Crippen LogP contribution < -0.4 is 15.4 Å². The average Bonchev–Trinajstić information content (AvgIpc) is 2.58. The molecule has 1 atom stereocenters. The number of anilines is 1. The molecule has 1 aliphatic rings. The molecule has 0 aliphatic carbocycles. The molecule has 0 aromatic heterocycles. The Bertz CT molecular complexity index is 835. The van der Waals surface area contributed by atoms with Crippen LogP contribution in [0.3, 0.4) is 0 Å². The second-order valence-electron chi connectivity index (χ2n) is 6.11. The van der Waals surface area contributed by atoms with E-state index in [1.165, 1.54) is 12.1 Å². The zero-order chi connectivity index (χ0) is 18.0. The first-order valence-corrected chi connectivity index (χ1v) is 7.98. The molecule has 0 fully saturated rings. The number of hydrogen-bond donors (Lipinski definition) is 2. The number of hydrogen-bond acceptors (Lipinski definition) is 3. The number of aryl methyl sites for hydroxylation is 1. The largest absolute Gasteiger partial charge is 0.497 e. The molecule has 0 spiro atoms. The van der Waals surface area contributed by atoms with E-state index in [0.29, 0.717) is 17.8 Å². The predicted octanol–water partition coefficient (Wildman–Crippen LogP) is 2.88. The highest BCUT2D eigenvalue weighted by Gasteiger charge is 2.30. The number of nitrogens with one attached hydrogen (secondary N) is 2. The first-order chi connectivity index (χ1) is 12.0. The summed E-state index contributed by atoms with van der Waals surface area (Å²) in [6.07, 6.45) is 0.0433. The number of ether oxygens (including phenoxy) is 1. The van der Waals surface area contributed by atoms with Gasteiger partial charge in [0.25, 0.3) is 0 Å². The Labute approximate surface area is 145 Å². The molecular formula is C19H19FN2O3. The molecule has 0 bridgehead atoms. The Morgan fingerprint density at radius 3 is 2.88 bits per heavy atom. The molecule has 3 rings (SSSR count). The fourth-order valence-electron chi connectivity index (χ4n) is 3.03. The van der Waals surface area contributed by atoms with Gasteiger partial charge in [-0.2, -0.15) is 0 Å². The van der Waals surface area contributed by atoms with Crippen LogP contribution in [0.5, 0.6) is 5.75 Å². The monoisotopic (exact) mass is 342 g/mol. The molecule has 0 radical (unpaired) electrons. The van der Waals surface area contributed by atoms with Crippen LogP contribution in [0.2, 0.25) is 0 Å². The quantitative estimate of drug-likeness (QED) is 0.898. The molecule has 2 aromatic carbocycles. The van der Waals surface area contributed by atoms with Crippen molar-refractivity contribution in [1.82, 2.24) is 5.32 Å². The van der Waals surface area contributed by atoms with E-state index in [-0.39, 0.29) is 18.2 Å². The summed E-state index contributed by atoms with van der Waals surface area (Å²) in [6, 6.07) is 9.79. The first kappa shape index (κ1) is 17.0. The van der Waals surface area contributed by atoms with Crippen molar-refractivity contribution >= 4 is 17.5 Å². The van der Waals surface area contributed by atoms with E-state index in [1.54, 1.807) is 13.2 Å². The predicted molar refractivity (Wildman–Crippen MR) is 92.0 cm³/mol. The van der Waals surface area contributed by atoms with Gasteiger partial charge in [0.05, 0.1) is 13.0 Å². The van der Waals surface area contributed by atoms with Gasteiger partial charge in [-0.25, -0.2) is 4.39 Å². The van der Waals surface area contributed by atoms with Gasteiger partial charge in [0.1, 0.15) is 11.6 Å². The van der Waals surface area contributed by atoms with E-state index < -0.39 is 11.7 Å². The van der Waals surface area contributed by atoms with Crippen molar-refractivity contribution < 1.29 is 18.7 Å². The van der Waals surface area contributed by atoms with Gasteiger partial charge >= 0.3 is 0 Å². The lowest BCUT2D eigenvalue weighted by molar-refractivity contribution is -0.126. The van der Waals surface area contributed by atoms with Crippen LogP contribution in [0.4, 0.5) is 10.1 Å². The molecule has 5 nitrogen and oxygen atoms in total. The van der Waals surface area contributed by atoms with Crippen LogP contribution >= 0.6 is 0 Å². The minimum absolute atomic E-state index is 0.0433. The summed E-state index contributed by atoms with van der Waals surface area (Å²) >= 11 is 0. The summed E-state index contributed by atoms with van der Waals surface area (Å²) in [5.41, 5.74) is 2.92. The van der Waals surface area contributed by atoms with Crippen molar-refractivity contribution in [2.24, 2.45) is 0 Å². The highest BCUT2D eigenvalue weighted by molar-refractivity contribution is 6.01. The van der Waals surface area contributed by atoms with Gasteiger partial charge in [-0.3, -0.25) is 9.59 Å². The summed E-state index contributed by atoms with van der Waals surface area (Å²) in [5, 5.41) is 5.46. The van der Waals surface area contributed by atoms with Crippen molar-refractivity contribution in [3.63, 3.8) is 0 Å². The van der Waals surface area contributed by atoms with E-state index in [2.05, 4.69) is 10.6 Å². The molecular weight excluding hydrogens is 323 g/mol. The topological polar surface area (TPSA) is 67.4 Å². The smallest absolute Gasteiger partial charge is 0.228 e. The van der Waals surface area contributed by atoms with Crippen LogP contribution in [-0.4, -0.2) is 18.9 Å². The molecule has 1 heterocycles. The summed E-state index contributed by atoms with van der Waals surface area (Å²) in [5.74, 6) is -0.913. The maximum absolute atomic E-state index is 13.4. The summed E-state index contributed by atoms with van der Waals surface area (Å²) < 4.78 is 18.6. The van der Waals surface area contributed by atoms with Crippen molar-refractivity contribution in [3.05, 3.63) is 58.9 Å². The summed E-state index contributed by atoms with van der Waals surface area (Å²) in [7, 11) is 1.59. The number of rotatable bonds is 4. The zero-order valence-electron chi connectivity index (χ0n) is 14.1. The lowest BCUT2D eigenvalue weighted by Gasteiger charge is -2.25. The number of halogens is 1. The van der Waals surface area contributed by atoms with Crippen molar-refractivity contribution in [2.45, 2.75) is 25.8 Å². The molecule has 2 aromatic rings. The van der Waals surface area contributed by atoms with E-state index in [1.807, 2.05) is 25.1 Å². The zero-order valence-corrected chi connectivity index (χ0v) is 14.1. The Morgan fingerprint density at radius 2 is 2.12 bits per heavy atom. The molecule has 0 saturated heterocycles. The first-order valence-electron chi connectivity index (χ1n) is 7.98. The number of carbonyl (C=O) groups excluding carboxylic acids is 2. The van der Waals surface area contributed by atoms with Crippen molar-refractivity contribution in [3.8, 4) is 5.75 Å². The Hall–Kier alpha value is -2.89. The third kappa shape index (κ3) is 3.79. The van der Waals surface area contributed by atoms with Crippen molar-refractivity contribution in [1.29, 1.82) is 0 Å². The van der Waals surface area contributed by atoms with Crippen LogP contribution in [0.1, 0.15) is 29.0 Å². The summed E-state index contributed by atoms with van der Waals surface area (Å²) in [6.45, 7) is 2.27. The molecule has 6 heteroatoms. The van der Waals surface area contributed by atoms with Crippen LogP contribution in [0.25, 0.3) is 0 Å². The van der Waals surface area contributed by atoms with Crippen LogP contribution in [0.15, 0.2) is 36.4 Å². The number of methoxy groups -OCH3 is 1. The highest BCUT2D eigenvalue weighted by Crippen LogP contribution is 2.33. The minimum atomic E-state index is -0.629.